The molecule has 0 aromatic carbocycles. The number of aliphatic hydroxyl groups excluding tert-OH is 1. The highest BCUT2D eigenvalue weighted by atomic mass is 35.5. The minimum Gasteiger partial charge on any atom is -0.392 e. The molecule has 0 aliphatic rings. The summed E-state index contributed by atoms with van der Waals surface area (Å²) in [5, 5.41) is 20.0. The van der Waals surface area contributed by atoms with Gasteiger partial charge in [-0.25, -0.2) is 9.97 Å². The molecule has 0 fully saturated rings. The van der Waals surface area contributed by atoms with Crippen molar-refractivity contribution in [2.75, 3.05) is 6.61 Å². The van der Waals surface area contributed by atoms with Crippen LogP contribution in [0.1, 0.15) is 35.1 Å². The number of aromatic nitrogens is 4. The van der Waals surface area contributed by atoms with Gasteiger partial charge in [-0.3, -0.25) is 4.79 Å². The number of H-pyrrole nitrogens is 1. The summed E-state index contributed by atoms with van der Waals surface area (Å²) in [7, 11) is 0. The molecule has 3 aromatic heterocycles. The Balaban J connectivity index is 2.19. The third kappa shape index (κ3) is 3.80. The predicted molar refractivity (Wildman–Crippen MR) is 108 cm³/mol. The number of pyridine rings is 1. The fourth-order valence-corrected chi connectivity index (χ4v) is 3.15. The zero-order valence-corrected chi connectivity index (χ0v) is 16.8. The molecule has 8 heteroatoms. The topological polar surface area (TPSA) is 104 Å². The molecule has 3 rings (SSSR count). The zero-order valence-electron chi connectivity index (χ0n) is 16.1. The van der Waals surface area contributed by atoms with E-state index < -0.39 is 12.2 Å². The average molecular weight is 401 g/mol. The van der Waals surface area contributed by atoms with Crippen LogP contribution in [0.2, 0.25) is 5.15 Å². The van der Waals surface area contributed by atoms with Gasteiger partial charge in [0, 0.05) is 29.2 Å². The molecule has 0 aliphatic heterocycles. The van der Waals surface area contributed by atoms with Gasteiger partial charge in [-0.05, 0) is 27.7 Å². The van der Waals surface area contributed by atoms with Gasteiger partial charge in [-0.1, -0.05) is 23.4 Å². The molecule has 0 saturated heterocycles. The van der Waals surface area contributed by atoms with Crippen LogP contribution in [-0.2, 0) is 6.54 Å². The quantitative estimate of drug-likeness (QED) is 0.459. The summed E-state index contributed by atoms with van der Waals surface area (Å²) in [4.78, 5) is 24.1. The van der Waals surface area contributed by atoms with Crippen molar-refractivity contribution >= 4 is 22.6 Å². The van der Waals surface area contributed by atoms with Crippen LogP contribution in [0.15, 0.2) is 17.2 Å². The maximum absolute atomic E-state index is 12.3. The Kier molecular flexibility index (Phi) is 5.31. The van der Waals surface area contributed by atoms with Gasteiger partial charge in [0.25, 0.3) is 0 Å². The molecule has 0 unspecified atom stereocenters. The van der Waals surface area contributed by atoms with Crippen LogP contribution in [0.25, 0.3) is 11.0 Å². The summed E-state index contributed by atoms with van der Waals surface area (Å²) in [5.74, 6) is 6.00. The van der Waals surface area contributed by atoms with Crippen molar-refractivity contribution in [2.24, 2.45) is 0 Å². The molecular formula is C20H21ClN4O3. The van der Waals surface area contributed by atoms with E-state index in [-0.39, 0.29) is 10.6 Å². The van der Waals surface area contributed by atoms with E-state index in [1.54, 1.807) is 33.2 Å². The average Bonchev–Trinajstić information content (AvgIpc) is 2.98. The van der Waals surface area contributed by atoms with Gasteiger partial charge in [0.1, 0.15) is 22.2 Å². The summed E-state index contributed by atoms with van der Waals surface area (Å²) in [6, 6.07) is 0. The van der Waals surface area contributed by atoms with E-state index in [1.165, 1.54) is 6.92 Å². The fourth-order valence-electron chi connectivity index (χ4n) is 2.84. The lowest BCUT2D eigenvalue weighted by Crippen LogP contribution is -2.26. The number of fused-ring (bicyclic) bond motifs is 1. The molecular weight excluding hydrogens is 380 g/mol. The van der Waals surface area contributed by atoms with E-state index in [1.807, 2.05) is 4.57 Å². The highest BCUT2D eigenvalue weighted by Gasteiger charge is 2.18. The summed E-state index contributed by atoms with van der Waals surface area (Å²) in [5.41, 5.74) is 1.60. The number of aromatic amines is 1. The molecule has 0 amide bonds. The molecule has 3 N–H and O–H groups in total. The van der Waals surface area contributed by atoms with E-state index in [4.69, 9.17) is 11.6 Å². The molecule has 1 atom stereocenters. The van der Waals surface area contributed by atoms with Crippen molar-refractivity contribution in [1.29, 1.82) is 0 Å². The van der Waals surface area contributed by atoms with Crippen LogP contribution in [0.3, 0.4) is 0 Å². The van der Waals surface area contributed by atoms with Gasteiger partial charge >= 0.3 is 0 Å². The number of rotatable bonds is 3. The minimum atomic E-state index is -1.54. The first kappa shape index (κ1) is 20.1. The molecule has 3 aromatic rings. The number of halogens is 1. The first-order valence-corrected chi connectivity index (χ1v) is 9.08. The van der Waals surface area contributed by atoms with Crippen molar-refractivity contribution in [3.8, 4) is 11.8 Å². The molecule has 0 spiro atoms. The van der Waals surface area contributed by atoms with Gasteiger partial charge < -0.3 is 19.8 Å². The van der Waals surface area contributed by atoms with Crippen molar-refractivity contribution in [1.82, 2.24) is 19.5 Å². The summed E-state index contributed by atoms with van der Waals surface area (Å²) < 4.78 is 1.83. The highest BCUT2D eigenvalue weighted by Crippen LogP contribution is 2.27. The smallest absolute Gasteiger partial charge is 0.187 e. The predicted octanol–water partition coefficient (Wildman–Crippen LogP) is 1.84. The summed E-state index contributed by atoms with van der Waals surface area (Å²) in [6.45, 7) is 6.57. The van der Waals surface area contributed by atoms with Gasteiger partial charge in [0.2, 0.25) is 0 Å². The lowest BCUT2D eigenvalue weighted by molar-refractivity contribution is 0.0519. The van der Waals surface area contributed by atoms with Crippen LogP contribution in [0.5, 0.6) is 0 Å². The molecule has 3 heterocycles. The van der Waals surface area contributed by atoms with Crippen LogP contribution in [0, 0.1) is 32.6 Å². The van der Waals surface area contributed by atoms with E-state index >= 15 is 0 Å². The number of aryl methyl sites for hydroxylation is 2. The Morgan fingerprint density at radius 3 is 2.71 bits per heavy atom. The van der Waals surface area contributed by atoms with Crippen molar-refractivity contribution in [3.05, 3.63) is 56.0 Å². The second kappa shape index (κ2) is 7.40. The molecule has 0 bridgehead atoms. The Morgan fingerprint density at radius 1 is 1.32 bits per heavy atom. The van der Waals surface area contributed by atoms with Gasteiger partial charge in [0.05, 0.1) is 24.1 Å². The highest BCUT2D eigenvalue weighted by molar-refractivity contribution is 6.34. The Morgan fingerprint density at radius 2 is 2.04 bits per heavy atom. The van der Waals surface area contributed by atoms with Crippen LogP contribution < -0.4 is 5.43 Å². The van der Waals surface area contributed by atoms with Crippen molar-refractivity contribution in [2.45, 2.75) is 39.8 Å². The number of hydrogen-bond donors (Lipinski definition) is 3. The van der Waals surface area contributed by atoms with Crippen LogP contribution in [-0.4, -0.2) is 41.9 Å². The fraction of sp³-hybridized carbons (Fsp3) is 0.350. The number of hydrogen-bond acceptors (Lipinski definition) is 5. The second-order valence-corrected chi connectivity index (χ2v) is 7.38. The van der Waals surface area contributed by atoms with Gasteiger partial charge in [-0.2, -0.15) is 0 Å². The van der Waals surface area contributed by atoms with Crippen LogP contribution >= 0.6 is 11.6 Å². The Hall–Kier alpha value is -2.66. The second-order valence-electron chi connectivity index (χ2n) is 7.02. The monoisotopic (exact) mass is 400 g/mol. The van der Waals surface area contributed by atoms with Gasteiger partial charge in [-0.15, -0.1) is 0 Å². The SMILES string of the molecule is Cc1nc(Cl)c2c(C#C[C@@](C)(O)CO)cn(Cc3[nH]cc(C)c(=O)c3C)c2n1. The summed E-state index contributed by atoms with van der Waals surface area (Å²) in [6.07, 6.45) is 3.44. The minimum absolute atomic E-state index is 0.00643. The number of nitrogens with one attached hydrogen (secondary N) is 1. The third-order valence-electron chi connectivity index (χ3n) is 4.50. The molecule has 7 nitrogen and oxygen atoms in total. The third-order valence-corrected chi connectivity index (χ3v) is 4.77. The molecule has 0 aliphatic carbocycles. The summed E-state index contributed by atoms with van der Waals surface area (Å²) >= 11 is 6.34. The molecule has 0 saturated carbocycles. The Labute approximate surface area is 167 Å². The normalized spacial score (nSPS) is 13.2. The van der Waals surface area contributed by atoms with E-state index in [2.05, 4.69) is 26.8 Å². The van der Waals surface area contributed by atoms with E-state index in [0.717, 1.165) is 5.69 Å². The van der Waals surface area contributed by atoms with Crippen molar-refractivity contribution in [3.63, 3.8) is 0 Å². The number of aliphatic hydroxyl groups is 2. The lowest BCUT2D eigenvalue weighted by Gasteiger charge is -2.10. The lowest BCUT2D eigenvalue weighted by atomic mass is 10.1. The van der Waals surface area contributed by atoms with Crippen LogP contribution in [0.4, 0.5) is 0 Å². The maximum atomic E-state index is 12.3. The van der Waals surface area contributed by atoms with Crippen molar-refractivity contribution < 1.29 is 10.2 Å². The first-order valence-electron chi connectivity index (χ1n) is 8.70. The number of nitrogens with zero attached hydrogens (tertiary/aromatic N) is 3. The zero-order chi connectivity index (χ0) is 20.6. The molecule has 146 valence electrons. The largest absolute Gasteiger partial charge is 0.392 e. The maximum Gasteiger partial charge on any atom is 0.187 e. The van der Waals surface area contributed by atoms with E-state index in [9.17, 15) is 15.0 Å². The van der Waals surface area contributed by atoms with E-state index in [0.29, 0.717) is 40.1 Å². The van der Waals surface area contributed by atoms with Gasteiger partial charge in [0.15, 0.2) is 5.43 Å². The standard InChI is InChI=1S/C20H21ClN4O3/c1-11-7-22-15(12(2)17(11)27)9-25-8-14(5-6-20(4,28)10-26)16-18(21)23-13(3)24-19(16)25/h7-8,26,28H,9-10H2,1-4H3,(H,22,27)/t20-/m1/s1. The first-order chi connectivity index (χ1) is 13.1. The molecule has 0 radical (unpaired) electrons. The molecule has 28 heavy (non-hydrogen) atoms. The Bertz CT molecular complexity index is 1180.